The first-order chi connectivity index (χ1) is 38.6. The number of rotatable bonds is 37. The van der Waals surface area contributed by atoms with Gasteiger partial charge >= 0.3 is 5.97 Å². The summed E-state index contributed by atoms with van der Waals surface area (Å²) < 4.78 is 0. The van der Waals surface area contributed by atoms with E-state index in [2.05, 4.69) is 62.2 Å². The van der Waals surface area contributed by atoms with Crippen LogP contribution in [-0.4, -0.2) is 183 Å². The lowest BCUT2D eigenvalue weighted by Crippen LogP contribution is -2.61. The molecule has 0 bridgehead atoms. The number of nitrogens with two attached hydrogens (primary N) is 7. The lowest BCUT2D eigenvalue weighted by Gasteiger charge is -2.33. The van der Waals surface area contributed by atoms with Crippen molar-refractivity contribution in [3.05, 3.63) is 18.2 Å². The predicted octanol–water partition coefficient (Wildman–Crippen LogP) is -4.57. The molecule has 1 aromatic heterocycles. The van der Waals surface area contributed by atoms with E-state index in [0.29, 0.717) is 25.0 Å². The Kier molecular flexibility index (Phi) is 30.7. The summed E-state index contributed by atoms with van der Waals surface area (Å²) in [6.07, 6.45) is 3.28. The number of carboxylic acid groups (broad SMARTS) is 1. The number of aromatic nitrogens is 2. The van der Waals surface area contributed by atoms with Gasteiger partial charge in [-0.15, -0.1) is 0 Å². The number of carboxylic acids is 1. The van der Waals surface area contributed by atoms with E-state index in [1.165, 1.54) is 24.3 Å². The van der Waals surface area contributed by atoms with Crippen LogP contribution in [-0.2, 0) is 49.6 Å². The maximum atomic E-state index is 14.6. The lowest BCUT2D eigenvalue weighted by atomic mass is 9.96. The van der Waals surface area contributed by atoms with Crippen molar-refractivity contribution in [2.75, 3.05) is 26.2 Å². The molecule has 2 heterocycles. The van der Waals surface area contributed by atoms with Crippen LogP contribution < -0.4 is 77.4 Å². The minimum atomic E-state index is -1.39. The van der Waals surface area contributed by atoms with Crippen molar-refractivity contribution in [1.29, 1.82) is 0 Å². The van der Waals surface area contributed by atoms with Crippen LogP contribution in [0.3, 0.4) is 0 Å². The number of aliphatic carboxylic acids is 1. The van der Waals surface area contributed by atoms with Crippen LogP contribution in [0.1, 0.15) is 125 Å². The number of aliphatic hydroxyl groups excluding tert-OH is 1. The van der Waals surface area contributed by atoms with Gasteiger partial charge in [0.2, 0.25) is 47.3 Å². The fourth-order valence-corrected chi connectivity index (χ4v) is 8.77. The van der Waals surface area contributed by atoms with Gasteiger partial charge in [-0.1, -0.05) is 54.4 Å². The first-order valence-electron chi connectivity index (χ1n) is 27.8. The number of aliphatic imine (C=N–C) groups is 3. The second-order valence-electron chi connectivity index (χ2n) is 21.1. The number of aliphatic hydroxyl groups is 1. The van der Waals surface area contributed by atoms with Gasteiger partial charge in [-0.25, -0.2) is 9.78 Å². The summed E-state index contributed by atoms with van der Waals surface area (Å²) in [5.74, 6) is -9.23. The highest BCUT2D eigenvalue weighted by atomic mass is 16.4. The molecule has 1 aromatic rings. The Hall–Kier alpha value is -7.83. The number of nitrogens with zero attached hydrogens (tertiary/aromatic N) is 5. The summed E-state index contributed by atoms with van der Waals surface area (Å²) in [7, 11) is 0. The fraction of sp³-hybridized carbons (Fsp3) is 0.706. The average molecular weight is 1160 g/mol. The van der Waals surface area contributed by atoms with Gasteiger partial charge < -0.3 is 97.5 Å². The Morgan fingerprint density at radius 1 is 0.634 bits per heavy atom. The molecule has 31 nitrogen and oxygen atoms in total. The van der Waals surface area contributed by atoms with E-state index in [0.717, 1.165) is 0 Å². The maximum absolute atomic E-state index is 14.6. The number of H-pyrrole nitrogens is 1. The van der Waals surface area contributed by atoms with Crippen molar-refractivity contribution in [2.45, 2.75) is 186 Å². The van der Waals surface area contributed by atoms with Gasteiger partial charge in [0.1, 0.15) is 54.4 Å². The van der Waals surface area contributed by atoms with Crippen LogP contribution in [0.5, 0.6) is 0 Å². The molecule has 1 aliphatic heterocycles. The zero-order valence-corrected chi connectivity index (χ0v) is 48.3. The van der Waals surface area contributed by atoms with Crippen molar-refractivity contribution in [1.82, 2.24) is 52.1 Å². The first kappa shape index (κ1) is 70.3. The number of guanidine groups is 3. The standard InChI is InChI=1S/C51H92N20O11/c1-8-27(5)38(69-45(78)37(52)29(7)72)46(79)65-32(15-11-19-61-50(55)56)40(73)64-31(14-10-18-60-49(53)54)41(74)67-34(22-26(3)4)42(75)68-35(23-30-24-59-25-63-30)43(76)70-39(28(6)9-2)47(80)71-21-13-17-36(71)44(77)66-33(48(81)82)16-12-20-62-51(57)58/h24-29,31-39,72H,8-23,52H2,1-7H3,(H,59,63)(H,64,73)(H,65,79)(H,66,77)(H,67,74)(H,68,75)(H,69,78)(H,70,76)(H,81,82)(H4,53,54,60)(H4,55,56,61)(H4,57,58,62)/t27-,28-,29+,31-,32-,33-,34-,35-,36-,37-,38-,39-/m0/s1. The molecular formula is C51H92N20O11. The zero-order chi connectivity index (χ0) is 61.8. The molecule has 462 valence electrons. The molecule has 0 saturated carbocycles. The lowest BCUT2D eigenvalue weighted by molar-refractivity contribution is -0.145. The Morgan fingerprint density at radius 3 is 1.55 bits per heavy atom. The van der Waals surface area contributed by atoms with Gasteiger partial charge in [-0.05, 0) is 82.5 Å². The normalized spacial score (nSPS) is 17.0. The van der Waals surface area contributed by atoms with Crippen molar-refractivity contribution in [2.24, 2.45) is 72.9 Å². The number of hydrogen-bond donors (Lipinski definition) is 17. The van der Waals surface area contributed by atoms with Crippen molar-refractivity contribution in [3.8, 4) is 0 Å². The Bertz CT molecular complexity index is 2340. The molecule has 12 atom stereocenters. The minimum absolute atomic E-state index is 0.00540. The molecule has 1 fully saturated rings. The molecule has 24 N–H and O–H groups in total. The number of nitrogens with one attached hydrogen (secondary N) is 8. The van der Waals surface area contributed by atoms with E-state index in [1.54, 1.807) is 41.5 Å². The molecule has 82 heavy (non-hydrogen) atoms. The third-order valence-electron chi connectivity index (χ3n) is 13.9. The molecule has 0 aromatic carbocycles. The van der Waals surface area contributed by atoms with Crippen LogP contribution in [0, 0.1) is 17.8 Å². The fourth-order valence-electron chi connectivity index (χ4n) is 8.77. The van der Waals surface area contributed by atoms with E-state index in [1.807, 2.05) is 0 Å². The highest BCUT2D eigenvalue weighted by molar-refractivity contribution is 5.98. The smallest absolute Gasteiger partial charge is 0.326 e. The highest BCUT2D eigenvalue weighted by Crippen LogP contribution is 2.23. The number of imidazole rings is 1. The monoisotopic (exact) mass is 1160 g/mol. The molecule has 1 saturated heterocycles. The van der Waals surface area contributed by atoms with E-state index in [9.17, 15) is 53.4 Å². The topological polar surface area (TPSA) is 529 Å². The zero-order valence-electron chi connectivity index (χ0n) is 48.3. The average Bonchev–Trinajstić information content (AvgIpc) is 4.20. The van der Waals surface area contributed by atoms with Gasteiger partial charge in [0.25, 0.3) is 0 Å². The SMILES string of the molecule is CC[C@H](C)[C@H](NC(=O)[C@@H](N)[C@@H](C)O)C(=O)N[C@@H](CCCN=C(N)N)C(=O)N[C@@H](CCCN=C(N)N)C(=O)N[C@@H](CC(C)C)C(=O)N[C@@H](Cc1cnc[nH]1)C(=O)N[C@H](C(=O)N1CCC[C@H]1C(=O)N[C@@H](CCCN=C(N)N)C(=O)O)[C@@H](C)CC. The number of carbonyl (C=O) groups is 9. The van der Waals surface area contributed by atoms with Crippen LogP contribution >= 0.6 is 0 Å². The molecule has 2 rings (SSSR count). The predicted molar refractivity (Wildman–Crippen MR) is 306 cm³/mol. The van der Waals surface area contributed by atoms with E-state index < -0.39 is 126 Å². The number of likely N-dealkylation sites (tertiary alicyclic amines) is 1. The summed E-state index contributed by atoms with van der Waals surface area (Å²) in [6, 6.07) is -11.6. The van der Waals surface area contributed by atoms with Crippen LogP contribution in [0.25, 0.3) is 0 Å². The van der Waals surface area contributed by atoms with Gasteiger partial charge in [0.15, 0.2) is 17.9 Å². The Labute approximate surface area is 478 Å². The van der Waals surface area contributed by atoms with E-state index in [4.69, 9.17) is 40.1 Å². The number of aromatic amines is 1. The molecule has 0 aliphatic carbocycles. The Balaban J connectivity index is 2.52. The second-order valence-corrected chi connectivity index (χ2v) is 21.1. The summed E-state index contributed by atoms with van der Waals surface area (Å²) in [6.45, 7) is 12.3. The second kappa shape index (κ2) is 35.8. The quantitative estimate of drug-likeness (QED) is 0.0169. The summed E-state index contributed by atoms with van der Waals surface area (Å²) in [5.41, 5.74) is 39.2. The highest BCUT2D eigenvalue weighted by Gasteiger charge is 2.42. The minimum Gasteiger partial charge on any atom is -0.480 e. The number of amides is 8. The summed E-state index contributed by atoms with van der Waals surface area (Å²) in [5, 5.41) is 38.7. The van der Waals surface area contributed by atoms with Crippen molar-refractivity contribution < 1.29 is 53.4 Å². The van der Waals surface area contributed by atoms with E-state index >= 15 is 0 Å². The molecule has 31 heteroatoms. The van der Waals surface area contributed by atoms with Gasteiger partial charge in [0.05, 0.1) is 12.4 Å². The van der Waals surface area contributed by atoms with Gasteiger partial charge in [-0.3, -0.25) is 53.3 Å². The van der Waals surface area contributed by atoms with E-state index in [-0.39, 0.29) is 108 Å². The number of carbonyl (C=O) groups excluding carboxylic acids is 8. The molecular weight excluding hydrogens is 1070 g/mol. The largest absolute Gasteiger partial charge is 0.480 e. The van der Waals surface area contributed by atoms with Crippen LogP contribution in [0.2, 0.25) is 0 Å². The van der Waals surface area contributed by atoms with Gasteiger partial charge in [-0.2, -0.15) is 0 Å². The Morgan fingerprint density at radius 2 is 1.09 bits per heavy atom. The third-order valence-corrected chi connectivity index (χ3v) is 13.9. The van der Waals surface area contributed by atoms with Crippen LogP contribution in [0.4, 0.5) is 0 Å². The van der Waals surface area contributed by atoms with Gasteiger partial charge in [0, 0.05) is 44.5 Å². The van der Waals surface area contributed by atoms with Crippen LogP contribution in [0.15, 0.2) is 27.5 Å². The third kappa shape index (κ3) is 24.5. The van der Waals surface area contributed by atoms with Crippen molar-refractivity contribution >= 4 is 71.1 Å². The summed E-state index contributed by atoms with van der Waals surface area (Å²) >= 11 is 0. The van der Waals surface area contributed by atoms with Crippen molar-refractivity contribution in [3.63, 3.8) is 0 Å². The molecule has 0 unspecified atom stereocenters. The first-order valence-corrected chi connectivity index (χ1v) is 27.8. The molecule has 1 aliphatic rings. The molecule has 8 amide bonds. The molecule has 0 spiro atoms. The summed E-state index contributed by atoms with van der Waals surface area (Å²) in [4.78, 5) is 145. The maximum Gasteiger partial charge on any atom is 0.326 e. The molecule has 0 radical (unpaired) electrons. The number of hydrogen-bond acceptors (Lipinski definition) is 15.